The van der Waals surface area contributed by atoms with E-state index in [4.69, 9.17) is 4.74 Å². The third kappa shape index (κ3) is 4.04. The summed E-state index contributed by atoms with van der Waals surface area (Å²) >= 11 is 0. The van der Waals surface area contributed by atoms with Crippen molar-refractivity contribution >= 4 is 23.6 Å². The second-order valence-electron chi connectivity index (χ2n) is 6.76. The smallest absolute Gasteiger partial charge is 0.282 e. The van der Waals surface area contributed by atoms with Crippen molar-refractivity contribution < 1.29 is 14.3 Å². The molecule has 1 saturated heterocycles. The van der Waals surface area contributed by atoms with Crippen LogP contribution in [0.5, 0.6) is 5.75 Å². The molecule has 0 aliphatic carbocycles. The van der Waals surface area contributed by atoms with Crippen LogP contribution in [0.25, 0.3) is 6.08 Å². The van der Waals surface area contributed by atoms with Crippen molar-refractivity contribution in [3.8, 4) is 5.75 Å². The zero-order valence-electron chi connectivity index (χ0n) is 16.0. The third-order valence-electron chi connectivity index (χ3n) is 4.75. The van der Waals surface area contributed by atoms with E-state index in [1.54, 1.807) is 18.2 Å². The lowest BCUT2D eigenvalue weighted by molar-refractivity contribution is -0.117. The first kappa shape index (κ1) is 18.5. The highest BCUT2D eigenvalue weighted by atomic mass is 16.5. The molecule has 0 radical (unpaired) electrons. The van der Waals surface area contributed by atoms with Crippen LogP contribution in [0, 0.1) is 6.92 Å². The van der Waals surface area contributed by atoms with Gasteiger partial charge in [-0.2, -0.15) is 0 Å². The molecule has 0 spiro atoms. The van der Waals surface area contributed by atoms with Gasteiger partial charge in [0.25, 0.3) is 11.8 Å². The number of nitrogens with zero attached hydrogens (tertiary/aromatic N) is 1. The van der Waals surface area contributed by atoms with Crippen molar-refractivity contribution in [2.75, 3.05) is 5.01 Å². The number of rotatable bonds is 5. The minimum absolute atomic E-state index is 0.0995. The highest BCUT2D eigenvalue weighted by molar-refractivity contribution is 6.31. The molecule has 0 unspecified atom stereocenters. The SMILES string of the molecule is Cc1ccccc1COc1ccc(/C=C2/C(=O)NN(c3ccccc3)C2=O)cc1. The van der Waals surface area contributed by atoms with Crippen LogP contribution < -0.4 is 15.2 Å². The summed E-state index contributed by atoms with van der Waals surface area (Å²) in [5.74, 6) is -0.0664. The van der Waals surface area contributed by atoms with E-state index >= 15 is 0 Å². The van der Waals surface area contributed by atoms with Gasteiger partial charge in [-0.3, -0.25) is 15.0 Å². The number of carbonyl (C=O) groups is 2. The molecule has 0 atom stereocenters. The standard InChI is InChI=1S/C24H20N2O3/c1-17-7-5-6-8-19(17)16-29-21-13-11-18(12-14-21)15-22-23(27)25-26(24(22)28)20-9-3-2-4-10-20/h2-15H,16H2,1H3,(H,25,27)/b22-15-. The van der Waals surface area contributed by atoms with E-state index < -0.39 is 5.91 Å². The first-order valence-electron chi connectivity index (χ1n) is 9.31. The number of nitrogens with one attached hydrogen (secondary N) is 1. The summed E-state index contributed by atoms with van der Waals surface area (Å²) in [5.41, 5.74) is 6.38. The van der Waals surface area contributed by atoms with E-state index in [2.05, 4.69) is 18.4 Å². The molecule has 5 heteroatoms. The van der Waals surface area contributed by atoms with Crippen LogP contribution in [0.15, 0.2) is 84.4 Å². The van der Waals surface area contributed by atoms with Crippen LogP contribution in [0.4, 0.5) is 5.69 Å². The summed E-state index contributed by atoms with van der Waals surface area (Å²) in [6.07, 6.45) is 1.59. The Kier molecular flexibility index (Phi) is 5.12. The average molecular weight is 384 g/mol. The molecule has 3 aromatic rings. The fourth-order valence-electron chi connectivity index (χ4n) is 3.08. The summed E-state index contributed by atoms with van der Waals surface area (Å²) in [6, 6.07) is 24.4. The Morgan fingerprint density at radius 2 is 1.59 bits per heavy atom. The number of aryl methyl sites for hydroxylation is 1. The van der Waals surface area contributed by atoms with Crippen molar-refractivity contribution in [1.29, 1.82) is 0 Å². The van der Waals surface area contributed by atoms with Crippen LogP contribution in [-0.4, -0.2) is 11.8 Å². The summed E-state index contributed by atoms with van der Waals surface area (Å²) < 4.78 is 5.84. The third-order valence-corrected chi connectivity index (χ3v) is 4.75. The van der Waals surface area contributed by atoms with Gasteiger partial charge in [0.15, 0.2) is 0 Å². The number of anilines is 1. The molecule has 2 amide bonds. The summed E-state index contributed by atoms with van der Waals surface area (Å²) in [7, 11) is 0. The van der Waals surface area contributed by atoms with Gasteiger partial charge in [-0.15, -0.1) is 0 Å². The summed E-state index contributed by atoms with van der Waals surface area (Å²) in [4.78, 5) is 24.9. The molecule has 0 aromatic heterocycles. The maximum Gasteiger partial charge on any atom is 0.282 e. The topological polar surface area (TPSA) is 58.6 Å². The molecule has 5 nitrogen and oxygen atoms in total. The van der Waals surface area contributed by atoms with E-state index in [0.717, 1.165) is 16.9 Å². The van der Waals surface area contributed by atoms with Crippen LogP contribution in [0.3, 0.4) is 0 Å². The molecule has 0 bridgehead atoms. The van der Waals surface area contributed by atoms with Gasteiger partial charge in [-0.1, -0.05) is 54.6 Å². The fraction of sp³-hybridized carbons (Fsp3) is 0.0833. The Labute approximate surface area is 169 Å². The number of para-hydroxylation sites is 1. The molecular formula is C24H20N2O3. The quantitative estimate of drug-likeness (QED) is 0.534. The molecule has 3 aromatic carbocycles. The summed E-state index contributed by atoms with van der Waals surface area (Å²) in [5, 5.41) is 1.26. The molecule has 0 saturated carbocycles. The zero-order chi connectivity index (χ0) is 20.2. The number of ether oxygens (including phenoxy) is 1. The minimum atomic E-state index is -0.418. The highest BCUT2D eigenvalue weighted by Gasteiger charge is 2.34. The number of hydrogen-bond donors (Lipinski definition) is 1. The monoisotopic (exact) mass is 384 g/mol. The molecule has 29 heavy (non-hydrogen) atoms. The van der Waals surface area contributed by atoms with Gasteiger partial charge in [0.05, 0.1) is 5.69 Å². The Bertz CT molecular complexity index is 1070. The molecule has 144 valence electrons. The summed E-state index contributed by atoms with van der Waals surface area (Å²) in [6.45, 7) is 2.54. The van der Waals surface area contributed by atoms with Crippen molar-refractivity contribution in [1.82, 2.24) is 5.43 Å². The second-order valence-corrected chi connectivity index (χ2v) is 6.76. The lowest BCUT2D eigenvalue weighted by Crippen LogP contribution is -2.35. The van der Waals surface area contributed by atoms with Gasteiger partial charge >= 0.3 is 0 Å². The van der Waals surface area contributed by atoms with Gasteiger partial charge < -0.3 is 4.74 Å². The maximum atomic E-state index is 12.6. The molecule has 1 fully saturated rings. The van der Waals surface area contributed by atoms with Crippen molar-refractivity contribution in [3.05, 3.63) is 101 Å². The van der Waals surface area contributed by atoms with E-state index in [-0.39, 0.29) is 11.5 Å². The van der Waals surface area contributed by atoms with Crippen LogP contribution >= 0.6 is 0 Å². The Morgan fingerprint density at radius 1 is 0.897 bits per heavy atom. The number of amides is 2. The van der Waals surface area contributed by atoms with Crippen molar-refractivity contribution in [2.45, 2.75) is 13.5 Å². The van der Waals surface area contributed by atoms with Crippen LogP contribution in [0.2, 0.25) is 0 Å². The second kappa shape index (κ2) is 8.02. The van der Waals surface area contributed by atoms with E-state index in [0.29, 0.717) is 12.3 Å². The van der Waals surface area contributed by atoms with Crippen LogP contribution in [-0.2, 0) is 16.2 Å². The normalized spacial score (nSPS) is 14.9. The minimum Gasteiger partial charge on any atom is -0.489 e. The number of benzene rings is 3. The van der Waals surface area contributed by atoms with E-state index in [9.17, 15) is 9.59 Å². The molecule has 1 heterocycles. The highest BCUT2D eigenvalue weighted by Crippen LogP contribution is 2.22. The predicted octanol–water partition coefficient (Wildman–Crippen LogP) is 4.04. The first-order chi connectivity index (χ1) is 14.1. The van der Waals surface area contributed by atoms with Crippen molar-refractivity contribution in [2.24, 2.45) is 0 Å². The lowest BCUT2D eigenvalue weighted by Gasteiger charge is -2.13. The van der Waals surface area contributed by atoms with Crippen molar-refractivity contribution in [3.63, 3.8) is 0 Å². The average Bonchev–Trinajstić information content (AvgIpc) is 3.03. The van der Waals surface area contributed by atoms with E-state index in [1.165, 1.54) is 10.6 Å². The molecule has 1 aliphatic heterocycles. The first-order valence-corrected chi connectivity index (χ1v) is 9.31. The predicted molar refractivity (Wildman–Crippen MR) is 112 cm³/mol. The van der Waals surface area contributed by atoms with Gasteiger partial charge in [0, 0.05) is 0 Å². The Balaban J connectivity index is 1.46. The lowest BCUT2D eigenvalue weighted by atomic mass is 10.1. The zero-order valence-corrected chi connectivity index (χ0v) is 16.0. The molecular weight excluding hydrogens is 364 g/mol. The number of carbonyl (C=O) groups excluding carboxylic acids is 2. The Hall–Kier alpha value is -3.86. The molecule has 4 rings (SSSR count). The van der Waals surface area contributed by atoms with Gasteiger partial charge in [-0.05, 0) is 54.0 Å². The maximum absolute atomic E-state index is 12.6. The van der Waals surface area contributed by atoms with Gasteiger partial charge in [0.1, 0.15) is 17.9 Å². The van der Waals surface area contributed by atoms with Gasteiger partial charge in [0.2, 0.25) is 0 Å². The number of hydrogen-bond acceptors (Lipinski definition) is 3. The van der Waals surface area contributed by atoms with Gasteiger partial charge in [-0.25, -0.2) is 5.01 Å². The molecule has 1 aliphatic rings. The fourth-order valence-corrected chi connectivity index (χ4v) is 3.08. The van der Waals surface area contributed by atoms with Crippen LogP contribution in [0.1, 0.15) is 16.7 Å². The van der Waals surface area contributed by atoms with E-state index in [1.807, 2.05) is 60.7 Å². The molecule has 1 N–H and O–H groups in total. The number of hydrazine groups is 1. The Morgan fingerprint density at radius 3 is 2.31 bits per heavy atom. The largest absolute Gasteiger partial charge is 0.489 e.